The van der Waals surface area contributed by atoms with Gasteiger partial charge in [0.25, 0.3) is 0 Å². The first-order chi connectivity index (χ1) is 9.99. The molecule has 0 aromatic heterocycles. The minimum Gasteiger partial charge on any atom is -0.462 e. The van der Waals surface area contributed by atoms with E-state index < -0.39 is 12.2 Å². The smallest absolute Gasteiger partial charge is 0.333 e. The summed E-state index contributed by atoms with van der Waals surface area (Å²) in [4.78, 5) is 11.6. The van der Waals surface area contributed by atoms with Crippen molar-refractivity contribution in [1.82, 2.24) is 0 Å². The monoisotopic (exact) mass is 292 g/mol. The second-order valence-corrected chi connectivity index (χ2v) is 7.73. The molecule has 0 radical (unpaired) electrons. The lowest BCUT2D eigenvalue weighted by Gasteiger charge is -2.42. The summed E-state index contributed by atoms with van der Waals surface area (Å²) in [5.41, 5.74) is 0.453. The minimum atomic E-state index is -0.533. The Balaban J connectivity index is 1.45. The van der Waals surface area contributed by atoms with E-state index in [9.17, 15) is 15.0 Å². The van der Waals surface area contributed by atoms with Gasteiger partial charge < -0.3 is 14.9 Å². The molecule has 4 saturated carbocycles. The van der Waals surface area contributed by atoms with Gasteiger partial charge in [0.05, 0.1) is 18.8 Å². The summed E-state index contributed by atoms with van der Waals surface area (Å²) in [6.07, 6.45) is 2.26. The van der Waals surface area contributed by atoms with E-state index in [4.69, 9.17) is 4.74 Å². The van der Waals surface area contributed by atoms with Gasteiger partial charge in [0, 0.05) is 5.57 Å². The summed E-state index contributed by atoms with van der Waals surface area (Å²) in [6.45, 7) is 5.78. The molecule has 116 valence electrons. The Hall–Kier alpha value is -0.870. The van der Waals surface area contributed by atoms with Crippen molar-refractivity contribution in [2.75, 3.05) is 6.61 Å². The van der Waals surface area contributed by atoms with Gasteiger partial charge in [0.15, 0.2) is 0 Å². The van der Waals surface area contributed by atoms with Crippen molar-refractivity contribution >= 4 is 5.97 Å². The van der Waals surface area contributed by atoms with Gasteiger partial charge in [0.1, 0.15) is 0 Å². The highest BCUT2D eigenvalue weighted by Gasteiger charge is 2.67. The number of fused-ring (bicyclic) bond motifs is 9. The number of carbonyl (C=O) groups is 1. The van der Waals surface area contributed by atoms with Crippen LogP contribution < -0.4 is 0 Å². The third-order valence-corrected chi connectivity index (χ3v) is 6.81. The van der Waals surface area contributed by atoms with Crippen LogP contribution in [0.3, 0.4) is 0 Å². The van der Waals surface area contributed by atoms with Gasteiger partial charge in [-0.15, -0.1) is 0 Å². The normalized spacial score (nSPS) is 53.0. The molecule has 0 saturated heterocycles. The van der Waals surface area contributed by atoms with Gasteiger partial charge in [-0.3, -0.25) is 0 Å². The fourth-order valence-corrected chi connectivity index (χ4v) is 6.19. The van der Waals surface area contributed by atoms with Crippen molar-refractivity contribution in [1.29, 1.82) is 0 Å². The molecule has 4 aliphatic carbocycles. The maximum Gasteiger partial charge on any atom is 0.333 e. The van der Waals surface area contributed by atoms with Crippen LogP contribution in [0, 0.1) is 41.4 Å². The number of carbonyl (C=O) groups excluding carboxylic acids is 1. The van der Waals surface area contributed by atoms with Crippen molar-refractivity contribution in [3.8, 4) is 0 Å². The van der Waals surface area contributed by atoms with Crippen molar-refractivity contribution in [2.24, 2.45) is 41.4 Å². The molecular weight excluding hydrogens is 268 g/mol. The number of hydrogen-bond acceptors (Lipinski definition) is 4. The zero-order chi connectivity index (χ0) is 14.9. The van der Waals surface area contributed by atoms with Crippen LogP contribution in [0.5, 0.6) is 0 Å². The van der Waals surface area contributed by atoms with Crippen LogP contribution in [0.1, 0.15) is 26.2 Å². The van der Waals surface area contributed by atoms with Crippen LogP contribution in [-0.2, 0) is 9.53 Å². The molecule has 9 unspecified atom stereocenters. The fraction of sp³-hybridized carbons (Fsp3) is 0.824. The predicted octanol–water partition coefficient (Wildman–Crippen LogP) is 1.37. The number of ether oxygens (including phenoxy) is 1. The second-order valence-electron chi connectivity index (χ2n) is 7.73. The molecule has 2 N–H and O–H groups in total. The van der Waals surface area contributed by atoms with Crippen molar-refractivity contribution in [2.45, 2.75) is 38.4 Å². The number of esters is 1. The zero-order valence-electron chi connectivity index (χ0n) is 12.4. The largest absolute Gasteiger partial charge is 0.462 e. The molecule has 4 heteroatoms. The van der Waals surface area contributed by atoms with Crippen molar-refractivity contribution < 1.29 is 19.7 Å². The van der Waals surface area contributed by atoms with E-state index in [0.717, 1.165) is 12.8 Å². The summed E-state index contributed by atoms with van der Waals surface area (Å²) in [7, 11) is 0. The Morgan fingerprint density at radius 1 is 1.10 bits per heavy atom. The first kappa shape index (κ1) is 13.8. The summed E-state index contributed by atoms with van der Waals surface area (Å²) in [5.74, 6) is 3.09. The molecule has 0 amide bonds. The van der Waals surface area contributed by atoms with Gasteiger partial charge in [-0.1, -0.05) is 6.58 Å². The molecule has 4 nitrogen and oxygen atoms in total. The fourth-order valence-electron chi connectivity index (χ4n) is 6.19. The maximum atomic E-state index is 11.6. The quantitative estimate of drug-likeness (QED) is 0.468. The van der Waals surface area contributed by atoms with Gasteiger partial charge in [0.2, 0.25) is 0 Å². The topological polar surface area (TPSA) is 66.8 Å². The Labute approximate surface area is 125 Å². The maximum absolute atomic E-state index is 11.6. The third kappa shape index (κ3) is 1.78. The lowest BCUT2D eigenvalue weighted by atomic mass is 9.66. The van der Waals surface area contributed by atoms with Crippen LogP contribution in [-0.4, -0.2) is 35.0 Å². The van der Waals surface area contributed by atoms with Crippen LogP contribution in [0.4, 0.5) is 0 Å². The average molecular weight is 292 g/mol. The second kappa shape index (κ2) is 4.56. The van der Waals surface area contributed by atoms with E-state index in [1.165, 1.54) is 6.42 Å². The molecule has 4 aliphatic rings. The first-order valence-corrected chi connectivity index (χ1v) is 8.17. The molecule has 4 bridgehead atoms. The van der Waals surface area contributed by atoms with E-state index in [1.54, 1.807) is 6.92 Å². The van der Waals surface area contributed by atoms with Crippen LogP contribution >= 0.6 is 0 Å². The van der Waals surface area contributed by atoms with E-state index >= 15 is 0 Å². The SMILES string of the molecule is C=C(C)C(=O)OCC1CC2CC1C1C3CC(C(O)C3O)C21. The van der Waals surface area contributed by atoms with E-state index in [2.05, 4.69) is 6.58 Å². The molecule has 0 aromatic carbocycles. The highest BCUT2D eigenvalue weighted by molar-refractivity contribution is 5.86. The molecule has 0 spiro atoms. The molecule has 21 heavy (non-hydrogen) atoms. The first-order valence-electron chi connectivity index (χ1n) is 8.17. The van der Waals surface area contributed by atoms with Gasteiger partial charge in [-0.05, 0) is 67.6 Å². The standard InChI is InChI=1S/C17H24O4/c1-7(2)17(20)21-6-9-3-8-4-10(9)14-12-5-11(13(8)14)15(18)16(12)19/h8-16,18-19H,1,3-6H2,2H3. The summed E-state index contributed by atoms with van der Waals surface area (Å²) >= 11 is 0. The number of rotatable bonds is 3. The lowest BCUT2D eigenvalue weighted by molar-refractivity contribution is -0.142. The van der Waals surface area contributed by atoms with E-state index in [1.807, 2.05) is 0 Å². The van der Waals surface area contributed by atoms with Crippen molar-refractivity contribution in [3.05, 3.63) is 12.2 Å². The van der Waals surface area contributed by atoms with Crippen LogP contribution in [0.25, 0.3) is 0 Å². The van der Waals surface area contributed by atoms with Gasteiger partial charge in [-0.2, -0.15) is 0 Å². The van der Waals surface area contributed by atoms with E-state index in [0.29, 0.717) is 47.7 Å². The average Bonchev–Trinajstić information content (AvgIpc) is 3.16. The number of aliphatic hydroxyl groups excluding tert-OH is 2. The van der Waals surface area contributed by atoms with E-state index in [-0.39, 0.29) is 11.9 Å². The molecule has 4 rings (SSSR count). The Morgan fingerprint density at radius 3 is 2.43 bits per heavy atom. The molecule has 9 atom stereocenters. The highest BCUT2D eigenvalue weighted by atomic mass is 16.5. The summed E-state index contributed by atoms with van der Waals surface area (Å²) in [5, 5.41) is 20.3. The zero-order valence-corrected chi connectivity index (χ0v) is 12.4. The number of aliphatic hydroxyl groups is 2. The Bertz CT molecular complexity index is 487. The summed E-state index contributed by atoms with van der Waals surface area (Å²) in [6, 6.07) is 0. The van der Waals surface area contributed by atoms with Crippen molar-refractivity contribution in [3.63, 3.8) is 0 Å². The molecule has 0 aromatic rings. The highest BCUT2D eigenvalue weighted by Crippen LogP contribution is 2.68. The third-order valence-electron chi connectivity index (χ3n) is 6.81. The predicted molar refractivity (Wildman–Crippen MR) is 76.1 cm³/mol. The van der Waals surface area contributed by atoms with Crippen LogP contribution in [0.2, 0.25) is 0 Å². The molecular formula is C17H24O4. The van der Waals surface area contributed by atoms with Crippen LogP contribution in [0.15, 0.2) is 12.2 Å². The van der Waals surface area contributed by atoms with Gasteiger partial charge in [-0.25, -0.2) is 4.79 Å². The number of hydrogen-bond donors (Lipinski definition) is 2. The summed E-state index contributed by atoms with van der Waals surface area (Å²) < 4.78 is 5.37. The van der Waals surface area contributed by atoms with Gasteiger partial charge >= 0.3 is 5.97 Å². The molecule has 0 aliphatic heterocycles. The molecule has 0 heterocycles. The molecule has 4 fully saturated rings. The lowest BCUT2D eigenvalue weighted by Crippen LogP contribution is -2.46. The minimum absolute atomic E-state index is 0.268. The Kier molecular flexibility index (Phi) is 2.99. The Morgan fingerprint density at radius 2 is 1.76 bits per heavy atom.